The van der Waals surface area contributed by atoms with E-state index in [-0.39, 0.29) is 5.69 Å². The minimum atomic E-state index is -2.22. The van der Waals surface area contributed by atoms with E-state index in [9.17, 15) is 14.3 Å². The van der Waals surface area contributed by atoms with Gasteiger partial charge in [0.25, 0.3) is 17.0 Å². The van der Waals surface area contributed by atoms with E-state index >= 15 is 0 Å². The van der Waals surface area contributed by atoms with Gasteiger partial charge in [-0.1, -0.05) is 23.5 Å². The second kappa shape index (κ2) is 6.92. The molecular formula is C12H14N4O4S2. The Bertz CT molecular complexity index is 717. The van der Waals surface area contributed by atoms with Gasteiger partial charge in [-0.05, 0) is 14.1 Å². The van der Waals surface area contributed by atoms with E-state index in [1.165, 1.54) is 23.5 Å². The SMILES string of the molecule is CN(C)Cc1sc(NS(=O)O)nc1-c1cccc([N+](=O)[O-])c1. The number of anilines is 1. The number of nitro benzene ring substituents is 1. The van der Waals surface area contributed by atoms with Gasteiger partial charge < -0.3 is 4.90 Å². The van der Waals surface area contributed by atoms with Crippen LogP contribution < -0.4 is 4.72 Å². The average Bonchev–Trinajstić information content (AvgIpc) is 2.79. The largest absolute Gasteiger partial charge is 0.304 e. The molecule has 0 aliphatic carbocycles. The van der Waals surface area contributed by atoms with Crippen molar-refractivity contribution in [1.29, 1.82) is 0 Å². The molecule has 10 heteroatoms. The molecule has 1 atom stereocenters. The zero-order chi connectivity index (χ0) is 16.3. The van der Waals surface area contributed by atoms with Gasteiger partial charge in [0.1, 0.15) is 0 Å². The van der Waals surface area contributed by atoms with Gasteiger partial charge in [0.05, 0.1) is 10.6 Å². The zero-order valence-corrected chi connectivity index (χ0v) is 13.5. The Morgan fingerprint density at radius 1 is 1.50 bits per heavy atom. The summed E-state index contributed by atoms with van der Waals surface area (Å²) in [5.74, 6) is 0. The summed E-state index contributed by atoms with van der Waals surface area (Å²) in [6.45, 7) is 0.565. The van der Waals surface area contributed by atoms with E-state index in [0.717, 1.165) is 4.88 Å². The van der Waals surface area contributed by atoms with Crippen molar-refractivity contribution in [2.45, 2.75) is 6.54 Å². The second-order valence-electron chi connectivity index (χ2n) is 4.69. The Kier molecular flexibility index (Phi) is 5.19. The number of hydrogen-bond donors (Lipinski definition) is 2. The number of non-ortho nitro benzene ring substituents is 1. The first kappa shape index (κ1) is 16.5. The van der Waals surface area contributed by atoms with Gasteiger partial charge in [0, 0.05) is 29.1 Å². The molecule has 0 spiro atoms. The third-order valence-electron chi connectivity index (χ3n) is 2.66. The normalized spacial score (nSPS) is 12.4. The van der Waals surface area contributed by atoms with Crippen LogP contribution in [0.3, 0.4) is 0 Å². The fourth-order valence-electron chi connectivity index (χ4n) is 1.86. The molecular weight excluding hydrogens is 328 g/mol. The summed E-state index contributed by atoms with van der Waals surface area (Å²) < 4.78 is 22.1. The predicted molar refractivity (Wildman–Crippen MR) is 86.0 cm³/mol. The molecule has 0 amide bonds. The van der Waals surface area contributed by atoms with Crippen LogP contribution in [0.15, 0.2) is 24.3 Å². The lowest BCUT2D eigenvalue weighted by atomic mass is 10.1. The minimum Gasteiger partial charge on any atom is -0.304 e. The Labute approximate surface area is 133 Å². The Morgan fingerprint density at radius 3 is 2.82 bits per heavy atom. The van der Waals surface area contributed by atoms with Gasteiger partial charge in [-0.3, -0.25) is 19.4 Å². The van der Waals surface area contributed by atoms with Crippen LogP contribution in [-0.4, -0.2) is 37.7 Å². The van der Waals surface area contributed by atoms with Crippen LogP contribution in [0.1, 0.15) is 4.88 Å². The number of benzene rings is 1. The fourth-order valence-corrected chi connectivity index (χ4v) is 3.39. The molecule has 0 saturated heterocycles. The van der Waals surface area contributed by atoms with E-state index in [1.54, 1.807) is 12.1 Å². The van der Waals surface area contributed by atoms with Crippen molar-refractivity contribution >= 4 is 33.4 Å². The number of thiazole rings is 1. The van der Waals surface area contributed by atoms with Crippen LogP contribution in [0, 0.1) is 10.1 Å². The molecule has 1 heterocycles. The smallest absolute Gasteiger partial charge is 0.270 e. The zero-order valence-electron chi connectivity index (χ0n) is 11.8. The number of aromatic nitrogens is 1. The Morgan fingerprint density at radius 2 is 2.23 bits per heavy atom. The maximum Gasteiger partial charge on any atom is 0.270 e. The second-order valence-corrected chi connectivity index (χ2v) is 6.47. The number of nitro groups is 1. The highest BCUT2D eigenvalue weighted by atomic mass is 32.2. The summed E-state index contributed by atoms with van der Waals surface area (Å²) in [4.78, 5) is 17.5. The van der Waals surface area contributed by atoms with Gasteiger partial charge in [-0.2, -0.15) is 0 Å². The van der Waals surface area contributed by atoms with Gasteiger partial charge >= 0.3 is 0 Å². The highest BCUT2D eigenvalue weighted by Crippen LogP contribution is 2.33. The van der Waals surface area contributed by atoms with Crippen molar-refractivity contribution in [3.63, 3.8) is 0 Å². The third-order valence-corrected chi connectivity index (χ3v) is 4.11. The molecule has 22 heavy (non-hydrogen) atoms. The van der Waals surface area contributed by atoms with Crippen LogP contribution in [-0.2, 0) is 17.8 Å². The molecule has 0 aliphatic heterocycles. The van der Waals surface area contributed by atoms with Gasteiger partial charge in [0.15, 0.2) is 5.13 Å². The molecule has 2 rings (SSSR count). The van der Waals surface area contributed by atoms with Crippen LogP contribution in [0.25, 0.3) is 11.3 Å². The number of nitrogens with one attached hydrogen (secondary N) is 1. The van der Waals surface area contributed by atoms with E-state index in [4.69, 9.17) is 4.55 Å². The quantitative estimate of drug-likeness (QED) is 0.474. The van der Waals surface area contributed by atoms with E-state index in [0.29, 0.717) is 22.9 Å². The molecule has 2 N–H and O–H groups in total. The maximum atomic E-state index is 10.9. The maximum absolute atomic E-state index is 10.9. The molecule has 0 fully saturated rings. The topological polar surface area (TPSA) is 109 Å². The molecule has 1 unspecified atom stereocenters. The lowest BCUT2D eigenvalue weighted by Crippen LogP contribution is -2.10. The van der Waals surface area contributed by atoms with E-state index < -0.39 is 16.2 Å². The molecule has 8 nitrogen and oxygen atoms in total. The Balaban J connectivity index is 2.47. The molecule has 1 aromatic carbocycles. The molecule has 0 saturated carbocycles. The summed E-state index contributed by atoms with van der Waals surface area (Å²) in [7, 11) is 3.77. The van der Waals surface area contributed by atoms with E-state index in [2.05, 4.69) is 9.71 Å². The van der Waals surface area contributed by atoms with Crippen LogP contribution in [0.2, 0.25) is 0 Å². The summed E-state index contributed by atoms with van der Waals surface area (Å²) in [5.41, 5.74) is 1.14. The first-order chi connectivity index (χ1) is 10.4. The molecule has 0 radical (unpaired) electrons. The van der Waals surface area contributed by atoms with Crippen molar-refractivity contribution in [2.24, 2.45) is 0 Å². The first-order valence-electron chi connectivity index (χ1n) is 6.13. The number of nitrogens with zero attached hydrogens (tertiary/aromatic N) is 3. The lowest BCUT2D eigenvalue weighted by Gasteiger charge is -2.08. The molecule has 0 aliphatic rings. The van der Waals surface area contributed by atoms with Crippen molar-refractivity contribution in [3.05, 3.63) is 39.3 Å². The highest BCUT2D eigenvalue weighted by molar-refractivity contribution is 7.80. The molecule has 0 bridgehead atoms. The summed E-state index contributed by atoms with van der Waals surface area (Å²) >= 11 is -0.978. The van der Waals surface area contributed by atoms with E-state index in [1.807, 2.05) is 19.0 Å². The lowest BCUT2D eigenvalue weighted by molar-refractivity contribution is -0.384. The standard InChI is InChI=1S/C12H14N4O4S2/c1-15(2)7-10-11(13-12(21-10)14-22(19)20)8-4-3-5-9(6-8)16(17)18/h3-6H,7H2,1-2H3,(H,13,14)(H,19,20). The average molecular weight is 342 g/mol. The number of rotatable bonds is 6. The van der Waals surface area contributed by atoms with Crippen molar-refractivity contribution in [2.75, 3.05) is 18.8 Å². The monoisotopic (exact) mass is 342 g/mol. The van der Waals surface area contributed by atoms with Gasteiger partial charge in [0.2, 0.25) is 0 Å². The predicted octanol–water partition coefficient (Wildman–Crippen LogP) is 2.33. The summed E-state index contributed by atoms with van der Waals surface area (Å²) in [6, 6.07) is 6.15. The van der Waals surface area contributed by atoms with Crippen LogP contribution in [0.4, 0.5) is 10.8 Å². The van der Waals surface area contributed by atoms with Gasteiger partial charge in [-0.25, -0.2) is 9.19 Å². The number of hydrogen-bond acceptors (Lipinski definition) is 6. The molecule has 2 aromatic rings. The summed E-state index contributed by atoms with van der Waals surface area (Å²) in [5, 5.41) is 11.2. The minimum absolute atomic E-state index is 0.0263. The molecule has 118 valence electrons. The van der Waals surface area contributed by atoms with Crippen LogP contribution in [0.5, 0.6) is 0 Å². The molecule has 1 aromatic heterocycles. The summed E-state index contributed by atoms with van der Waals surface area (Å²) in [6.07, 6.45) is 0. The first-order valence-corrected chi connectivity index (χ1v) is 8.06. The van der Waals surface area contributed by atoms with Crippen molar-refractivity contribution in [1.82, 2.24) is 9.88 Å². The van der Waals surface area contributed by atoms with Crippen molar-refractivity contribution in [3.8, 4) is 11.3 Å². The Hall–Kier alpha value is -1.88. The van der Waals surface area contributed by atoms with Crippen LogP contribution >= 0.6 is 11.3 Å². The van der Waals surface area contributed by atoms with Crippen molar-refractivity contribution < 1.29 is 13.7 Å². The highest BCUT2D eigenvalue weighted by Gasteiger charge is 2.17. The third kappa shape index (κ3) is 4.07. The fraction of sp³-hybridized carbons (Fsp3) is 0.250. The van der Waals surface area contributed by atoms with Gasteiger partial charge in [-0.15, -0.1) is 0 Å².